The smallest absolute Gasteiger partial charge is 0.407 e. The van der Waals surface area contributed by atoms with Crippen LogP contribution in [0.25, 0.3) is 0 Å². The van der Waals surface area contributed by atoms with E-state index in [0.717, 1.165) is 0 Å². The van der Waals surface area contributed by atoms with Crippen LogP contribution in [0, 0.1) is 5.82 Å². The lowest BCUT2D eigenvalue weighted by Gasteiger charge is -2.31. The molecule has 0 radical (unpaired) electrons. The van der Waals surface area contributed by atoms with Crippen LogP contribution in [-0.4, -0.2) is 55.5 Å². The number of carboxylic acid groups (broad SMARTS) is 1. The van der Waals surface area contributed by atoms with Gasteiger partial charge < -0.3 is 24.8 Å². The third-order valence-corrected chi connectivity index (χ3v) is 3.40. The van der Waals surface area contributed by atoms with Crippen LogP contribution in [0.4, 0.5) is 9.18 Å². The molecule has 21 heavy (non-hydrogen) atoms. The minimum atomic E-state index is -0.916. The number of nitrogens with one attached hydrogen (secondary N) is 1. The van der Waals surface area contributed by atoms with Gasteiger partial charge >= 0.3 is 6.09 Å². The monoisotopic (exact) mass is 298 g/mol. The highest BCUT2D eigenvalue weighted by Crippen LogP contribution is 2.26. The number of piperazine rings is 1. The first-order valence-electron chi connectivity index (χ1n) is 6.78. The van der Waals surface area contributed by atoms with Crippen molar-refractivity contribution >= 4 is 6.09 Å². The van der Waals surface area contributed by atoms with Crippen LogP contribution >= 0.6 is 0 Å². The van der Waals surface area contributed by atoms with Crippen LogP contribution in [0.5, 0.6) is 11.5 Å². The van der Waals surface area contributed by atoms with Gasteiger partial charge in [-0.3, -0.25) is 0 Å². The van der Waals surface area contributed by atoms with E-state index in [2.05, 4.69) is 5.32 Å². The number of methoxy groups -OCH3 is 1. The van der Waals surface area contributed by atoms with Crippen molar-refractivity contribution in [3.8, 4) is 11.5 Å². The molecule has 1 aliphatic rings. The molecule has 1 aliphatic heterocycles. The number of hydrogen-bond acceptors (Lipinski definition) is 4. The zero-order valence-electron chi connectivity index (χ0n) is 11.8. The number of nitrogens with zero attached hydrogens (tertiary/aromatic N) is 1. The second-order valence-electron chi connectivity index (χ2n) is 4.79. The first-order chi connectivity index (χ1) is 10.1. The number of benzene rings is 1. The molecular weight excluding hydrogens is 279 g/mol. The normalized spacial score (nSPS) is 18.4. The minimum absolute atomic E-state index is 0.0171. The Bertz CT molecular complexity index is 498. The van der Waals surface area contributed by atoms with Crippen LogP contribution in [-0.2, 0) is 0 Å². The van der Waals surface area contributed by atoms with E-state index in [1.807, 2.05) is 0 Å². The van der Waals surface area contributed by atoms with Crippen molar-refractivity contribution in [2.24, 2.45) is 0 Å². The zero-order chi connectivity index (χ0) is 15.2. The maximum absolute atomic E-state index is 13.9. The van der Waals surface area contributed by atoms with Crippen molar-refractivity contribution in [3.05, 3.63) is 24.0 Å². The summed E-state index contributed by atoms with van der Waals surface area (Å²) in [6.45, 7) is 1.82. The van der Waals surface area contributed by atoms with E-state index in [-0.39, 0.29) is 17.5 Å². The standard InChI is InChI=1S/C14H19FN2O4/c1-20-11-3-2-4-12(13(11)15)21-8-5-10-9-17(14(18)19)7-6-16-10/h2-4,10,16H,5-9H2,1H3,(H,18,19). The van der Waals surface area contributed by atoms with Gasteiger partial charge in [-0.25, -0.2) is 4.79 Å². The van der Waals surface area contributed by atoms with Crippen LogP contribution in [0.1, 0.15) is 6.42 Å². The van der Waals surface area contributed by atoms with Gasteiger partial charge in [-0.05, 0) is 18.6 Å². The van der Waals surface area contributed by atoms with Crippen LogP contribution < -0.4 is 14.8 Å². The fraction of sp³-hybridized carbons (Fsp3) is 0.500. The van der Waals surface area contributed by atoms with Crippen molar-refractivity contribution in [2.75, 3.05) is 33.4 Å². The maximum Gasteiger partial charge on any atom is 0.407 e. The molecule has 1 aromatic rings. The third kappa shape index (κ3) is 3.98. The third-order valence-electron chi connectivity index (χ3n) is 3.40. The molecule has 0 aliphatic carbocycles. The SMILES string of the molecule is COc1cccc(OCCC2CN(C(=O)O)CCN2)c1F. The average Bonchev–Trinajstić information content (AvgIpc) is 2.49. The van der Waals surface area contributed by atoms with Gasteiger partial charge in [-0.1, -0.05) is 6.07 Å². The fourth-order valence-electron chi connectivity index (χ4n) is 2.26. The van der Waals surface area contributed by atoms with Crippen molar-refractivity contribution in [1.82, 2.24) is 10.2 Å². The van der Waals surface area contributed by atoms with Gasteiger partial charge in [-0.2, -0.15) is 4.39 Å². The number of ether oxygens (including phenoxy) is 2. The molecular formula is C14H19FN2O4. The zero-order valence-corrected chi connectivity index (χ0v) is 11.8. The lowest BCUT2D eigenvalue weighted by molar-refractivity contribution is 0.124. The Labute approximate surface area is 122 Å². The van der Waals surface area contributed by atoms with Gasteiger partial charge in [0.2, 0.25) is 5.82 Å². The molecule has 1 fully saturated rings. The second kappa shape index (κ2) is 7.12. The van der Waals surface area contributed by atoms with Crippen molar-refractivity contribution in [2.45, 2.75) is 12.5 Å². The molecule has 1 atom stereocenters. The summed E-state index contributed by atoms with van der Waals surface area (Å²) in [5, 5.41) is 12.2. The molecule has 0 spiro atoms. The molecule has 0 bridgehead atoms. The summed E-state index contributed by atoms with van der Waals surface area (Å²) < 4.78 is 24.2. The van der Waals surface area contributed by atoms with E-state index >= 15 is 0 Å². The van der Waals surface area contributed by atoms with E-state index < -0.39 is 11.9 Å². The molecule has 116 valence electrons. The quantitative estimate of drug-likeness (QED) is 0.863. The van der Waals surface area contributed by atoms with Gasteiger partial charge in [0.25, 0.3) is 0 Å². The topological polar surface area (TPSA) is 71.0 Å². The van der Waals surface area contributed by atoms with Crippen molar-refractivity contribution < 1.29 is 23.8 Å². The highest BCUT2D eigenvalue weighted by atomic mass is 19.1. The van der Waals surface area contributed by atoms with Crippen molar-refractivity contribution in [1.29, 1.82) is 0 Å². The molecule has 7 heteroatoms. The van der Waals surface area contributed by atoms with Crippen LogP contribution in [0.2, 0.25) is 0 Å². The molecule has 2 N–H and O–H groups in total. The van der Waals surface area contributed by atoms with Gasteiger partial charge in [0.1, 0.15) is 0 Å². The molecule has 1 aromatic carbocycles. The fourth-order valence-corrected chi connectivity index (χ4v) is 2.26. The van der Waals surface area contributed by atoms with E-state index in [1.54, 1.807) is 6.07 Å². The first kappa shape index (κ1) is 15.4. The highest BCUT2D eigenvalue weighted by Gasteiger charge is 2.22. The van der Waals surface area contributed by atoms with E-state index in [9.17, 15) is 9.18 Å². The summed E-state index contributed by atoms with van der Waals surface area (Å²) in [5.74, 6) is -0.246. The Morgan fingerprint density at radius 1 is 1.52 bits per heavy atom. The lowest BCUT2D eigenvalue weighted by atomic mass is 10.1. The molecule has 2 rings (SSSR count). The summed E-state index contributed by atoms with van der Waals surface area (Å²) in [7, 11) is 1.40. The Morgan fingerprint density at radius 2 is 2.29 bits per heavy atom. The Hall–Kier alpha value is -2.02. The predicted octanol–water partition coefficient (Wildman–Crippen LogP) is 1.55. The molecule has 1 saturated heterocycles. The van der Waals surface area contributed by atoms with Crippen LogP contribution in [0.15, 0.2) is 18.2 Å². The summed E-state index contributed by atoms with van der Waals surface area (Å²) in [6.07, 6.45) is -0.318. The number of carbonyl (C=O) groups is 1. The van der Waals surface area contributed by atoms with E-state index in [0.29, 0.717) is 32.7 Å². The maximum atomic E-state index is 13.9. The second-order valence-corrected chi connectivity index (χ2v) is 4.79. The molecule has 6 nitrogen and oxygen atoms in total. The molecule has 1 heterocycles. The molecule has 1 unspecified atom stereocenters. The van der Waals surface area contributed by atoms with Gasteiger partial charge in [0, 0.05) is 25.7 Å². The largest absolute Gasteiger partial charge is 0.494 e. The number of amides is 1. The predicted molar refractivity (Wildman–Crippen MR) is 74.5 cm³/mol. The Morgan fingerprint density at radius 3 is 3.00 bits per heavy atom. The summed E-state index contributed by atoms with van der Waals surface area (Å²) in [4.78, 5) is 12.3. The van der Waals surface area contributed by atoms with Gasteiger partial charge in [0.05, 0.1) is 13.7 Å². The number of hydrogen-bond donors (Lipinski definition) is 2. The van der Waals surface area contributed by atoms with E-state index in [4.69, 9.17) is 14.6 Å². The number of halogens is 1. The summed E-state index contributed by atoms with van der Waals surface area (Å²) >= 11 is 0. The Kier molecular flexibility index (Phi) is 5.21. The van der Waals surface area contributed by atoms with Crippen LogP contribution in [0.3, 0.4) is 0 Å². The van der Waals surface area contributed by atoms with Crippen molar-refractivity contribution in [3.63, 3.8) is 0 Å². The average molecular weight is 298 g/mol. The van der Waals surface area contributed by atoms with Gasteiger partial charge in [0.15, 0.2) is 11.5 Å². The molecule has 0 aromatic heterocycles. The lowest BCUT2D eigenvalue weighted by Crippen LogP contribution is -2.52. The molecule has 1 amide bonds. The van der Waals surface area contributed by atoms with Gasteiger partial charge in [-0.15, -0.1) is 0 Å². The highest BCUT2D eigenvalue weighted by molar-refractivity contribution is 5.65. The van der Waals surface area contributed by atoms with E-state index in [1.165, 1.54) is 24.1 Å². The minimum Gasteiger partial charge on any atom is -0.494 e. The summed E-state index contributed by atoms with van der Waals surface area (Å²) in [5.41, 5.74) is 0. The molecule has 0 saturated carbocycles. The first-order valence-corrected chi connectivity index (χ1v) is 6.78. The Balaban J connectivity index is 1.83. The number of rotatable bonds is 5. The summed E-state index contributed by atoms with van der Waals surface area (Å²) in [6, 6.07) is 4.73.